The fraction of sp³-hybridized carbons (Fsp3) is 0.538. The fourth-order valence-corrected chi connectivity index (χ4v) is 1.96. The quantitative estimate of drug-likeness (QED) is 0.685. The van der Waals surface area contributed by atoms with Crippen molar-refractivity contribution >= 4 is 0 Å². The van der Waals surface area contributed by atoms with Gasteiger partial charge in [-0.2, -0.15) is 0 Å². The van der Waals surface area contributed by atoms with E-state index in [2.05, 4.69) is 42.2 Å². The highest BCUT2D eigenvalue weighted by atomic mass is 16.5. The SMILES string of the molecule is C[C@H]1COCCN1CC1=CC=CCC=C1. The number of morpholine rings is 1. The van der Waals surface area contributed by atoms with Crippen LogP contribution in [0.1, 0.15) is 13.3 Å². The predicted molar refractivity (Wildman–Crippen MR) is 62.8 cm³/mol. The van der Waals surface area contributed by atoms with E-state index in [9.17, 15) is 0 Å². The minimum absolute atomic E-state index is 0.542. The molecule has 0 bridgehead atoms. The van der Waals surface area contributed by atoms with Crippen LogP contribution in [0.4, 0.5) is 0 Å². The number of hydrogen-bond donors (Lipinski definition) is 0. The lowest BCUT2D eigenvalue weighted by atomic mass is 10.1. The smallest absolute Gasteiger partial charge is 0.0619 e. The summed E-state index contributed by atoms with van der Waals surface area (Å²) in [6, 6.07) is 0.542. The molecule has 0 saturated carbocycles. The number of hydrogen-bond acceptors (Lipinski definition) is 2. The molecule has 0 spiro atoms. The Labute approximate surface area is 91.9 Å². The third-order valence-corrected chi connectivity index (χ3v) is 2.94. The molecule has 0 amide bonds. The van der Waals surface area contributed by atoms with Crippen molar-refractivity contribution in [3.05, 3.63) is 36.0 Å². The molecule has 1 atom stereocenters. The van der Waals surface area contributed by atoms with Crippen LogP contribution in [0.25, 0.3) is 0 Å². The molecule has 2 rings (SSSR count). The zero-order valence-corrected chi connectivity index (χ0v) is 9.36. The zero-order chi connectivity index (χ0) is 10.5. The Balaban J connectivity index is 1.94. The maximum Gasteiger partial charge on any atom is 0.0619 e. The summed E-state index contributed by atoms with van der Waals surface area (Å²) in [7, 11) is 0. The fourth-order valence-electron chi connectivity index (χ4n) is 1.96. The van der Waals surface area contributed by atoms with Crippen molar-refractivity contribution in [2.75, 3.05) is 26.3 Å². The van der Waals surface area contributed by atoms with Crippen molar-refractivity contribution in [1.82, 2.24) is 4.90 Å². The molecular weight excluding hydrogens is 186 g/mol. The van der Waals surface area contributed by atoms with Gasteiger partial charge in [0.15, 0.2) is 0 Å². The third-order valence-electron chi connectivity index (χ3n) is 2.94. The van der Waals surface area contributed by atoms with Crippen molar-refractivity contribution in [3.8, 4) is 0 Å². The van der Waals surface area contributed by atoms with Gasteiger partial charge in [0, 0.05) is 19.1 Å². The molecule has 2 heteroatoms. The van der Waals surface area contributed by atoms with E-state index in [1.807, 2.05) is 0 Å². The van der Waals surface area contributed by atoms with Gasteiger partial charge in [-0.3, -0.25) is 4.90 Å². The Morgan fingerprint density at radius 3 is 3.27 bits per heavy atom. The van der Waals surface area contributed by atoms with Crippen LogP contribution >= 0.6 is 0 Å². The maximum atomic E-state index is 5.43. The van der Waals surface area contributed by atoms with Crippen LogP contribution in [-0.4, -0.2) is 37.2 Å². The van der Waals surface area contributed by atoms with Crippen LogP contribution in [0, 0.1) is 0 Å². The molecule has 15 heavy (non-hydrogen) atoms. The summed E-state index contributed by atoms with van der Waals surface area (Å²) in [5.41, 5.74) is 1.40. The Bertz CT molecular complexity index is 291. The van der Waals surface area contributed by atoms with Crippen LogP contribution in [0.3, 0.4) is 0 Å². The van der Waals surface area contributed by atoms with E-state index >= 15 is 0 Å². The summed E-state index contributed by atoms with van der Waals surface area (Å²) in [6.45, 7) is 6.07. The number of ether oxygens (including phenoxy) is 1. The minimum atomic E-state index is 0.542. The van der Waals surface area contributed by atoms with Gasteiger partial charge in [-0.25, -0.2) is 0 Å². The van der Waals surface area contributed by atoms with Crippen LogP contribution in [0.15, 0.2) is 36.0 Å². The summed E-state index contributed by atoms with van der Waals surface area (Å²) in [5.74, 6) is 0. The van der Waals surface area contributed by atoms with Crippen molar-refractivity contribution in [2.24, 2.45) is 0 Å². The molecule has 1 saturated heterocycles. The summed E-state index contributed by atoms with van der Waals surface area (Å²) in [6.07, 6.45) is 12.1. The zero-order valence-electron chi connectivity index (χ0n) is 9.36. The molecule has 1 fully saturated rings. The molecule has 0 N–H and O–H groups in total. The molecule has 1 aliphatic carbocycles. The average molecular weight is 205 g/mol. The first-order valence-electron chi connectivity index (χ1n) is 5.70. The Hall–Kier alpha value is -0.860. The molecule has 1 heterocycles. The second kappa shape index (κ2) is 5.29. The van der Waals surface area contributed by atoms with E-state index in [4.69, 9.17) is 4.74 Å². The normalized spacial score (nSPS) is 27.5. The largest absolute Gasteiger partial charge is 0.379 e. The Morgan fingerprint density at radius 1 is 1.47 bits per heavy atom. The van der Waals surface area contributed by atoms with Crippen molar-refractivity contribution in [2.45, 2.75) is 19.4 Å². The van der Waals surface area contributed by atoms with Gasteiger partial charge in [-0.05, 0) is 18.9 Å². The molecule has 0 unspecified atom stereocenters. The molecule has 0 aromatic rings. The van der Waals surface area contributed by atoms with Gasteiger partial charge in [0.1, 0.15) is 0 Å². The molecule has 82 valence electrons. The van der Waals surface area contributed by atoms with E-state index in [-0.39, 0.29) is 0 Å². The summed E-state index contributed by atoms with van der Waals surface area (Å²) >= 11 is 0. The third kappa shape index (κ3) is 3.05. The van der Waals surface area contributed by atoms with Gasteiger partial charge in [-0.15, -0.1) is 0 Å². The standard InChI is InChI=1S/C13H19NO/c1-12-11-15-9-8-14(12)10-13-6-4-2-3-5-7-13/h2,4-7,12H,3,8-11H2,1H3/t12-/m0/s1. The van der Waals surface area contributed by atoms with Crippen LogP contribution < -0.4 is 0 Å². The second-order valence-corrected chi connectivity index (χ2v) is 4.20. The first-order valence-corrected chi connectivity index (χ1v) is 5.70. The second-order valence-electron chi connectivity index (χ2n) is 4.20. The van der Waals surface area contributed by atoms with Gasteiger partial charge in [0.2, 0.25) is 0 Å². The van der Waals surface area contributed by atoms with Gasteiger partial charge < -0.3 is 4.74 Å². The number of allylic oxidation sites excluding steroid dienone is 4. The van der Waals surface area contributed by atoms with E-state index in [0.29, 0.717) is 6.04 Å². The van der Waals surface area contributed by atoms with Crippen molar-refractivity contribution in [1.29, 1.82) is 0 Å². The average Bonchev–Trinajstić information content (AvgIpc) is 2.50. The lowest BCUT2D eigenvalue weighted by molar-refractivity contribution is 0.00471. The molecule has 1 aliphatic heterocycles. The summed E-state index contributed by atoms with van der Waals surface area (Å²) in [5, 5.41) is 0. The molecular formula is C13H19NO. The Kier molecular flexibility index (Phi) is 3.75. The monoisotopic (exact) mass is 205 g/mol. The lowest BCUT2D eigenvalue weighted by Gasteiger charge is -2.33. The van der Waals surface area contributed by atoms with E-state index in [1.165, 1.54) is 5.57 Å². The molecule has 2 nitrogen and oxygen atoms in total. The van der Waals surface area contributed by atoms with Gasteiger partial charge >= 0.3 is 0 Å². The van der Waals surface area contributed by atoms with E-state index < -0.39 is 0 Å². The van der Waals surface area contributed by atoms with E-state index in [1.54, 1.807) is 0 Å². The maximum absolute atomic E-state index is 5.43. The van der Waals surface area contributed by atoms with Crippen molar-refractivity contribution in [3.63, 3.8) is 0 Å². The minimum Gasteiger partial charge on any atom is -0.379 e. The highest BCUT2D eigenvalue weighted by Gasteiger charge is 2.18. The van der Waals surface area contributed by atoms with E-state index in [0.717, 1.165) is 32.7 Å². The molecule has 2 aliphatic rings. The first-order chi connectivity index (χ1) is 7.36. The van der Waals surface area contributed by atoms with Gasteiger partial charge in [0.05, 0.1) is 13.2 Å². The molecule has 0 aromatic carbocycles. The lowest BCUT2D eigenvalue weighted by Crippen LogP contribution is -2.44. The predicted octanol–water partition coefficient (Wildman–Crippen LogP) is 2.15. The van der Waals surface area contributed by atoms with Gasteiger partial charge in [-0.1, -0.05) is 30.4 Å². The van der Waals surface area contributed by atoms with Gasteiger partial charge in [0.25, 0.3) is 0 Å². The number of rotatable bonds is 2. The Morgan fingerprint density at radius 2 is 2.40 bits per heavy atom. The van der Waals surface area contributed by atoms with Crippen molar-refractivity contribution < 1.29 is 4.74 Å². The molecule has 0 aromatic heterocycles. The topological polar surface area (TPSA) is 12.5 Å². The van der Waals surface area contributed by atoms with Crippen LogP contribution in [0.2, 0.25) is 0 Å². The first kappa shape index (κ1) is 10.7. The van der Waals surface area contributed by atoms with Crippen LogP contribution in [-0.2, 0) is 4.74 Å². The highest BCUT2D eigenvalue weighted by molar-refractivity contribution is 5.28. The number of nitrogens with zero attached hydrogens (tertiary/aromatic N) is 1. The molecule has 0 radical (unpaired) electrons. The summed E-state index contributed by atoms with van der Waals surface area (Å²) in [4.78, 5) is 2.48. The highest BCUT2D eigenvalue weighted by Crippen LogP contribution is 2.12. The summed E-state index contributed by atoms with van der Waals surface area (Å²) < 4.78 is 5.43. The van der Waals surface area contributed by atoms with Crippen LogP contribution in [0.5, 0.6) is 0 Å².